The first-order valence-corrected chi connectivity index (χ1v) is 8.45. The number of methoxy groups -OCH3 is 1. The summed E-state index contributed by atoms with van der Waals surface area (Å²) in [6.07, 6.45) is 2.08. The van der Waals surface area contributed by atoms with Gasteiger partial charge in [-0.1, -0.05) is 13.8 Å². The summed E-state index contributed by atoms with van der Waals surface area (Å²) in [5.41, 5.74) is 0.489. The van der Waals surface area contributed by atoms with Crippen LogP contribution in [0.5, 0.6) is 0 Å². The molecule has 0 aliphatic rings. The van der Waals surface area contributed by atoms with Crippen molar-refractivity contribution in [2.75, 3.05) is 26.7 Å². The SMILES string of the molecule is CCN(CC)CCCC(C)NC(=O)c1csc(COC)n1. The topological polar surface area (TPSA) is 54.5 Å². The maximum absolute atomic E-state index is 12.1. The Balaban J connectivity index is 2.32. The van der Waals surface area contributed by atoms with Gasteiger partial charge in [0.25, 0.3) is 5.91 Å². The van der Waals surface area contributed by atoms with Crippen LogP contribution in [0.1, 0.15) is 49.1 Å². The van der Waals surface area contributed by atoms with Crippen LogP contribution in [0, 0.1) is 0 Å². The predicted molar refractivity (Wildman–Crippen MR) is 86.8 cm³/mol. The molecular weight excluding hydrogens is 286 g/mol. The molecule has 1 aromatic rings. The molecular formula is C15H27N3O2S. The maximum atomic E-state index is 12.1. The molecule has 0 spiro atoms. The molecule has 1 unspecified atom stereocenters. The van der Waals surface area contributed by atoms with Gasteiger partial charge < -0.3 is 15.0 Å². The molecule has 1 N–H and O–H groups in total. The third kappa shape index (κ3) is 6.54. The number of rotatable bonds is 10. The molecule has 0 aromatic carbocycles. The highest BCUT2D eigenvalue weighted by Gasteiger charge is 2.13. The van der Waals surface area contributed by atoms with Crippen LogP contribution in [0.2, 0.25) is 0 Å². The minimum Gasteiger partial charge on any atom is -0.378 e. The van der Waals surface area contributed by atoms with E-state index in [0.717, 1.165) is 37.5 Å². The Labute approximate surface area is 131 Å². The number of hydrogen-bond donors (Lipinski definition) is 1. The molecule has 1 rings (SSSR count). The number of ether oxygens (including phenoxy) is 1. The number of thiazole rings is 1. The second kappa shape index (κ2) is 9.87. The number of carbonyl (C=O) groups is 1. The van der Waals surface area contributed by atoms with E-state index in [9.17, 15) is 4.79 Å². The third-order valence-electron chi connectivity index (χ3n) is 3.44. The average Bonchev–Trinajstić information content (AvgIpc) is 2.93. The largest absolute Gasteiger partial charge is 0.378 e. The van der Waals surface area contributed by atoms with Crippen LogP contribution in [0.4, 0.5) is 0 Å². The Hall–Kier alpha value is -0.980. The Kier molecular flexibility index (Phi) is 8.49. The van der Waals surface area contributed by atoms with E-state index in [2.05, 4.69) is 29.0 Å². The van der Waals surface area contributed by atoms with Crippen molar-refractivity contribution in [1.29, 1.82) is 0 Å². The molecule has 1 atom stereocenters. The van der Waals surface area contributed by atoms with Crippen molar-refractivity contribution < 1.29 is 9.53 Å². The quantitative estimate of drug-likeness (QED) is 0.721. The lowest BCUT2D eigenvalue weighted by Gasteiger charge is -2.19. The molecule has 0 radical (unpaired) electrons. The summed E-state index contributed by atoms with van der Waals surface area (Å²) in [5, 5.41) is 5.62. The van der Waals surface area contributed by atoms with E-state index >= 15 is 0 Å². The summed E-state index contributed by atoms with van der Waals surface area (Å²) in [4.78, 5) is 18.7. The fourth-order valence-electron chi connectivity index (χ4n) is 2.14. The Morgan fingerprint density at radius 3 is 2.81 bits per heavy atom. The Bertz CT molecular complexity index is 419. The highest BCUT2D eigenvalue weighted by molar-refractivity contribution is 7.09. The van der Waals surface area contributed by atoms with Crippen molar-refractivity contribution in [3.63, 3.8) is 0 Å². The summed E-state index contributed by atoms with van der Waals surface area (Å²) in [5.74, 6) is -0.0936. The average molecular weight is 313 g/mol. The Morgan fingerprint density at radius 1 is 1.48 bits per heavy atom. The molecule has 6 heteroatoms. The van der Waals surface area contributed by atoms with Gasteiger partial charge in [0.1, 0.15) is 10.7 Å². The molecule has 1 aromatic heterocycles. The lowest BCUT2D eigenvalue weighted by atomic mass is 10.1. The van der Waals surface area contributed by atoms with Crippen LogP contribution in [-0.4, -0.2) is 48.6 Å². The second-order valence-electron chi connectivity index (χ2n) is 5.10. The van der Waals surface area contributed by atoms with Crippen molar-refractivity contribution in [1.82, 2.24) is 15.2 Å². The van der Waals surface area contributed by atoms with E-state index in [1.807, 2.05) is 6.92 Å². The first kappa shape index (κ1) is 18.1. The number of hydrogen-bond acceptors (Lipinski definition) is 5. The van der Waals surface area contributed by atoms with Gasteiger partial charge in [0.05, 0.1) is 6.61 Å². The molecule has 0 aliphatic heterocycles. The van der Waals surface area contributed by atoms with Gasteiger partial charge in [0.2, 0.25) is 0 Å². The molecule has 0 fully saturated rings. The molecule has 21 heavy (non-hydrogen) atoms. The molecule has 1 amide bonds. The number of aromatic nitrogens is 1. The summed E-state index contributed by atoms with van der Waals surface area (Å²) in [7, 11) is 1.62. The van der Waals surface area contributed by atoms with E-state index < -0.39 is 0 Å². The smallest absolute Gasteiger partial charge is 0.270 e. The van der Waals surface area contributed by atoms with Gasteiger partial charge in [-0.25, -0.2) is 4.98 Å². The van der Waals surface area contributed by atoms with Gasteiger partial charge in [-0.3, -0.25) is 4.79 Å². The summed E-state index contributed by atoms with van der Waals surface area (Å²) >= 11 is 1.45. The van der Waals surface area contributed by atoms with Gasteiger partial charge in [0.15, 0.2) is 0 Å². The van der Waals surface area contributed by atoms with Crippen LogP contribution in [0.25, 0.3) is 0 Å². The standard InChI is InChI=1S/C15H27N3O2S/c1-5-18(6-2)9-7-8-12(3)16-15(19)13-11-21-14(17-13)10-20-4/h11-12H,5-10H2,1-4H3,(H,16,19). The summed E-state index contributed by atoms with van der Waals surface area (Å²) < 4.78 is 5.01. The lowest BCUT2D eigenvalue weighted by molar-refractivity contribution is 0.0932. The van der Waals surface area contributed by atoms with E-state index in [1.165, 1.54) is 11.3 Å². The van der Waals surface area contributed by atoms with E-state index in [1.54, 1.807) is 12.5 Å². The minimum absolute atomic E-state index is 0.0936. The maximum Gasteiger partial charge on any atom is 0.270 e. The fraction of sp³-hybridized carbons (Fsp3) is 0.733. The zero-order valence-electron chi connectivity index (χ0n) is 13.5. The molecule has 0 saturated heterocycles. The second-order valence-corrected chi connectivity index (χ2v) is 6.05. The van der Waals surface area contributed by atoms with Crippen molar-refractivity contribution in [2.45, 2.75) is 46.3 Å². The Morgan fingerprint density at radius 2 is 2.19 bits per heavy atom. The normalized spacial score (nSPS) is 12.6. The zero-order valence-corrected chi connectivity index (χ0v) is 14.3. The lowest BCUT2D eigenvalue weighted by Crippen LogP contribution is -2.33. The van der Waals surface area contributed by atoms with Crippen LogP contribution < -0.4 is 5.32 Å². The number of carbonyl (C=O) groups excluding carboxylic acids is 1. The highest BCUT2D eigenvalue weighted by atomic mass is 32.1. The fourth-order valence-corrected chi connectivity index (χ4v) is 2.88. The highest BCUT2D eigenvalue weighted by Crippen LogP contribution is 2.11. The summed E-state index contributed by atoms with van der Waals surface area (Å²) in [6, 6.07) is 0.167. The zero-order chi connectivity index (χ0) is 15.7. The molecule has 120 valence electrons. The van der Waals surface area contributed by atoms with Gasteiger partial charge >= 0.3 is 0 Å². The molecule has 5 nitrogen and oxygen atoms in total. The predicted octanol–water partition coefficient (Wildman–Crippen LogP) is 2.53. The third-order valence-corrected chi connectivity index (χ3v) is 4.26. The van der Waals surface area contributed by atoms with Gasteiger partial charge in [-0.2, -0.15) is 0 Å². The van der Waals surface area contributed by atoms with E-state index in [0.29, 0.717) is 12.3 Å². The van der Waals surface area contributed by atoms with Gasteiger partial charge in [0, 0.05) is 18.5 Å². The first-order chi connectivity index (χ1) is 10.1. The molecule has 0 bridgehead atoms. The van der Waals surface area contributed by atoms with Crippen molar-refractivity contribution in [3.8, 4) is 0 Å². The van der Waals surface area contributed by atoms with Gasteiger partial charge in [-0.15, -0.1) is 11.3 Å². The van der Waals surface area contributed by atoms with Crippen LogP contribution in [0.3, 0.4) is 0 Å². The molecule has 0 aliphatic carbocycles. The van der Waals surface area contributed by atoms with Crippen LogP contribution in [-0.2, 0) is 11.3 Å². The van der Waals surface area contributed by atoms with Gasteiger partial charge in [-0.05, 0) is 39.4 Å². The number of nitrogens with one attached hydrogen (secondary N) is 1. The number of amides is 1. The monoisotopic (exact) mass is 313 g/mol. The van der Waals surface area contributed by atoms with E-state index in [4.69, 9.17) is 4.74 Å². The molecule has 0 saturated carbocycles. The minimum atomic E-state index is -0.0936. The van der Waals surface area contributed by atoms with E-state index in [-0.39, 0.29) is 11.9 Å². The van der Waals surface area contributed by atoms with Crippen molar-refractivity contribution in [2.24, 2.45) is 0 Å². The number of nitrogens with zero attached hydrogens (tertiary/aromatic N) is 2. The first-order valence-electron chi connectivity index (χ1n) is 7.57. The molecule has 1 heterocycles. The van der Waals surface area contributed by atoms with Crippen molar-refractivity contribution >= 4 is 17.2 Å². The van der Waals surface area contributed by atoms with Crippen molar-refractivity contribution in [3.05, 3.63) is 16.1 Å². The summed E-state index contributed by atoms with van der Waals surface area (Å²) in [6.45, 7) is 10.1. The van der Waals surface area contributed by atoms with Crippen LogP contribution in [0.15, 0.2) is 5.38 Å². The van der Waals surface area contributed by atoms with Crippen LogP contribution >= 0.6 is 11.3 Å².